The van der Waals surface area contributed by atoms with Crippen LogP contribution in [0.1, 0.15) is 40.0 Å². The van der Waals surface area contributed by atoms with Crippen LogP contribution in [0, 0.1) is 5.92 Å². The van der Waals surface area contributed by atoms with E-state index in [1.54, 1.807) is 7.11 Å². The number of methoxy groups -OCH3 is 1. The molecule has 4 nitrogen and oxygen atoms in total. The van der Waals surface area contributed by atoms with Crippen LogP contribution in [0.3, 0.4) is 0 Å². The first-order valence-corrected chi connectivity index (χ1v) is 7.12. The van der Waals surface area contributed by atoms with Crippen molar-refractivity contribution in [2.75, 3.05) is 33.3 Å². The Morgan fingerprint density at radius 1 is 1.50 bits per heavy atom. The van der Waals surface area contributed by atoms with Crippen molar-refractivity contribution in [1.29, 1.82) is 0 Å². The lowest BCUT2D eigenvalue weighted by Gasteiger charge is -2.35. The van der Waals surface area contributed by atoms with E-state index in [1.165, 1.54) is 12.8 Å². The van der Waals surface area contributed by atoms with Gasteiger partial charge in [0.05, 0.1) is 0 Å². The maximum Gasteiger partial charge on any atom is 0.254 e. The molecule has 1 aliphatic heterocycles. The van der Waals surface area contributed by atoms with E-state index < -0.39 is 5.60 Å². The first kappa shape index (κ1) is 15.4. The van der Waals surface area contributed by atoms with Gasteiger partial charge in [-0.2, -0.15) is 0 Å². The van der Waals surface area contributed by atoms with Gasteiger partial charge in [0.2, 0.25) is 0 Å². The minimum Gasteiger partial charge on any atom is -0.369 e. The predicted molar refractivity (Wildman–Crippen MR) is 73.6 cm³/mol. The number of hydrogen-bond donors (Lipinski definition) is 1. The molecule has 4 heteroatoms. The van der Waals surface area contributed by atoms with Crippen molar-refractivity contribution < 1.29 is 9.53 Å². The Kier molecular flexibility index (Phi) is 6.09. The molecule has 0 aromatic carbocycles. The van der Waals surface area contributed by atoms with E-state index >= 15 is 0 Å². The first-order valence-electron chi connectivity index (χ1n) is 7.12. The van der Waals surface area contributed by atoms with Crippen LogP contribution in [0.5, 0.6) is 0 Å². The Bertz CT molecular complexity index is 259. The van der Waals surface area contributed by atoms with Gasteiger partial charge in [-0.05, 0) is 52.1 Å². The summed E-state index contributed by atoms with van der Waals surface area (Å²) < 4.78 is 5.41. The standard InChI is InChI=1S/C14H28N2O2/c1-5-14(3,18-4)13(17)16(6-2)11-12-8-7-9-15-10-12/h12,15H,5-11H2,1-4H3. The van der Waals surface area contributed by atoms with E-state index in [1.807, 2.05) is 25.7 Å². The number of piperidine rings is 1. The highest BCUT2D eigenvalue weighted by molar-refractivity contribution is 5.84. The lowest BCUT2D eigenvalue weighted by atomic mass is 9.96. The number of carbonyl (C=O) groups is 1. The molecule has 2 unspecified atom stereocenters. The third-order valence-electron chi connectivity index (χ3n) is 4.12. The molecule has 2 atom stereocenters. The Morgan fingerprint density at radius 3 is 2.67 bits per heavy atom. The second kappa shape index (κ2) is 7.10. The summed E-state index contributed by atoms with van der Waals surface area (Å²) in [6, 6.07) is 0. The summed E-state index contributed by atoms with van der Waals surface area (Å²) in [5.41, 5.74) is -0.669. The molecule has 1 amide bonds. The maximum atomic E-state index is 12.5. The van der Waals surface area contributed by atoms with Crippen molar-refractivity contribution in [3.8, 4) is 0 Å². The zero-order valence-electron chi connectivity index (χ0n) is 12.3. The van der Waals surface area contributed by atoms with E-state index in [-0.39, 0.29) is 5.91 Å². The predicted octanol–water partition coefficient (Wildman–Crippen LogP) is 1.65. The molecule has 0 aromatic rings. The molecular formula is C14H28N2O2. The zero-order valence-corrected chi connectivity index (χ0v) is 12.3. The minimum atomic E-state index is -0.669. The molecule has 1 N–H and O–H groups in total. The van der Waals surface area contributed by atoms with Crippen LogP contribution in [0.15, 0.2) is 0 Å². The fourth-order valence-corrected chi connectivity index (χ4v) is 2.46. The van der Waals surface area contributed by atoms with Crippen LogP contribution in [-0.4, -0.2) is 49.7 Å². The van der Waals surface area contributed by atoms with Crippen molar-refractivity contribution in [2.45, 2.75) is 45.6 Å². The summed E-state index contributed by atoms with van der Waals surface area (Å²) in [5, 5.41) is 3.40. The molecule has 1 saturated heterocycles. The van der Waals surface area contributed by atoms with Gasteiger partial charge in [0, 0.05) is 20.2 Å². The lowest BCUT2D eigenvalue weighted by molar-refractivity contribution is -0.153. The van der Waals surface area contributed by atoms with Crippen molar-refractivity contribution in [2.24, 2.45) is 5.92 Å². The third-order valence-corrected chi connectivity index (χ3v) is 4.12. The summed E-state index contributed by atoms with van der Waals surface area (Å²) in [4.78, 5) is 14.5. The number of hydrogen-bond acceptors (Lipinski definition) is 3. The molecule has 0 aromatic heterocycles. The van der Waals surface area contributed by atoms with Crippen LogP contribution in [0.2, 0.25) is 0 Å². The van der Waals surface area contributed by atoms with Gasteiger partial charge in [0.15, 0.2) is 0 Å². The second-order valence-corrected chi connectivity index (χ2v) is 5.34. The minimum absolute atomic E-state index is 0.126. The smallest absolute Gasteiger partial charge is 0.254 e. The number of ether oxygens (including phenoxy) is 1. The zero-order chi connectivity index (χ0) is 13.6. The van der Waals surface area contributed by atoms with E-state index in [9.17, 15) is 4.79 Å². The van der Waals surface area contributed by atoms with Gasteiger partial charge in [0.1, 0.15) is 5.60 Å². The average Bonchev–Trinajstić information content (AvgIpc) is 2.44. The summed E-state index contributed by atoms with van der Waals surface area (Å²) in [7, 11) is 1.62. The number of likely N-dealkylation sites (N-methyl/N-ethyl adjacent to an activating group) is 1. The SMILES string of the molecule is CCN(CC1CCCNC1)C(=O)C(C)(CC)OC. The molecule has 1 heterocycles. The topological polar surface area (TPSA) is 41.6 Å². The summed E-state index contributed by atoms with van der Waals surface area (Å²) in [6.07, 6.45) is 3.14. The molecule has 0 spiro atoms. The Hall–Kier alpha value is -0.610. The van der Waals surface area contributed by atoms with Crippen LogP contribution < -0.4 is 5.32 Å². The number of amides is 1. The Morgan fingerprint density at radius 2 is 2.22 bits per heavy atom. The van der Waals surface area contributed by atoms with Crippen molar-refractivity contribution >= 4 is 5.91 Å². The summed E-state index contributed by atoms with van der Waals surface area (Å²) in [5.74, 6) is 0.709. The molecule has 0 saturated carbocycles. The van der Waals surface area contributed by atoms with E-state index in [0.29, 0.717) is 12.3 Å². The normalized spacial score (nSPS) is 23.4. The Balaban J connectivity index is 2.61. The highest BCUT2D eigenvalue weighted by atomic mass is 16.5. The van der Waals surface area contributed by atoms with Gasteiger partial charge in [-0.15, -0.1) is 0 Å². The lowest BCUT2D eigenvalue weighted by Crippen LogP contribution is -2.50. The van der Waals surface area contributed by atoms with E-state index in [2.05, 4.69) is 5.32 Å². The quantitative estimate of drug-likeness (QED) is 0.785. The van der Waals surface area contributed by atoms with Crippen molar-refractivity contribution in [3.63, 3.8) is 0 Å². The van der Waals surface area contributed by atoms with E-state index in [0.717, 1.165) is 26.2 Å². The maximum absolute atomic E-state index is 12.5. The van der Waals surface area contributed by atoms with Crippen molar-refractivity contribution in [1.82, 2.24) is 10.2 Å². The van der Waals surface area contributed by atoms with E-state index in [4.69, 9.17) is 4.74 Å². The summed E-state index contributed by atoms with van der Waals surface area (Å²) in [6.45, 7) is 9.67. The molecule has 1 fully saturated rings. The van der Waals surface area contributed by atoms with Gasteiger partial charge in [-0.25, -0.2) is 0 Å². The average molecular weight is 256 g/mol. The summed E-state index contributed by atoms with van der Waals surface area (Å²) >= 11 is 0. The number of carbonyl (C=O) groups excluding carboxylic acids is 1. The highest BCUT2D eigenvalue weighted by Crippen LogP contribution is 2.20. The third kappa shape index (κ3) is 3.69. The van der Waals surface area contributed by atoms with Gasteiger partial charge in [-0.1, -0.05) is 6.92 Å². The van der Waals surface area contributed by atoms with Crippen LogP contribution in [0.25, 0.3) is 0 Å². The van der Waals surface area contributed by atoms with Gasteiger partial charge >= 0.3 is 0 Å². The van der Waals surface area contributed by atoms with Crippen LogP contribution >= 0.6 is 0 Å². The van der Waals surface area contributed by atoms with Gasteiger partial charge in [-0.3, -0.25) is 4.79 Å². The molecule has 0 radical (unpaired) electrons. The molecule has 1 aliphatic rings. The molecule has 1 rings (SSSR count). The monoisotopic (exact) mass is 256 g/mol. The number of nitrogens with one attached hydrogen (secondary N) is 1. The number of nitrogens with zero attached hydrogens (tertiary/aromatic N) is 1. The second-order valence-electron chi connectivity index (χ2n) is 5.34. The molecule has 0 bridgehead atoms. The largest absolute Gasteiger partial charge is 0.369 e. The van der Waals surface area contributed by atoms with Gasteiger partial charge < -0.3 is 15.0 Å². The van der Waals surface area contributed by atoms with Crippen LogP contribution in [0.4, 0.5) is 0 Å². The first-order chi connectivity index (χ1) is 8.57. The van der Waals surface area contributed by atoms with Gasteiger partial charge in [0.25, 0.3) is 5.91 Å². The van der Waals surface area contributed by atoms with Crippen LogP contribution in [-0.2, 0) is 9.53 Å². The molecule has 106 valence electrons. The molecule has 18 heavy (non-hydrogen) atoms. The molecule has 0 aliphatic carbocycles. The highest BCUT2D eigenvalue weighted by Gasteiger charge is 2.35. The Labute approximate surface area is 111 Å². The fourth-order valence-electron chi connectivity index (χ4n) is 2.46. The molecular weight excluding hydrogens is 228 g/mol. The van der Waals surface area contributed by atoms with Crippen molar-refractivity contribution in [3.05, 3.63) is 0 Å². The number of rotatable bonds is 6. The fraction of sp³-hybridized carbons (Fsp3) is 0.929.